The number of ether oxygens (including phenoxy) is 12. The van der Waals surface area contributed by atoms with Crippen LogP contribution in [0.2, 0.25) is 0 Å². The molecule has 0 spiro atoms. The van der Waals surface area contributed by atoms with Gasteiger partial charge in [0, 0.05) is 6.61 Å². The third-order valence-corrected chi connectivity index (χ3v) is 5.28. The Hall–Kier alpha value is -0.900. The topological polar surface area (TPSA) is 111 Å². The van der Waals surface area contributed by atoms with Crippen molar-refractivity contribution in [1.29, 1.82) is 0 Å². The van der Waals surface area contributed by atoms with Crippen LogP contribution in [0, 0.1) is 5.92 Å². The van der Waals surface area contributed by atoms with E-state index in [9.17, 15) is 0 Å². The van der Waals surface area contributed by atoms with E-state index in [2.05, 4.69) is 20.4 Å². The molecule has 0 aliphatic rings. The fraction of sp³-hybridized carbons (Fsp3) is 0.931. The molecule has 0 radical (unpaired) electrons. The smallest absolute Gasteiger partial charge is 0.111 e. The third-order valence-electron chi connectivity index (χ3n) is 5.28. The molecular weight excluding hydrogens is 540 g/mol. The molecule has 0 aromatic rings. The first kappa shape index (κ1) is 40.1. The molecule has 0 amide bonds. The number of rotatable bonds is 37. The summed E-state index contributed by atoms with van der Waals surface area (Å²) in [6.07, 6.45) is 2.53. The first-order valence-electron chi connectivity index (χ1n) is 14.9. The van der Waals surface area contributed by atoms with Crippen molar-refractivity contribution < 1.29 is 56.8 Å². The predicted molar refractivity (Wildman–Crippen MR) is 155 cm³/mol. The van der Waals surface area contributed by atoms with Crippen LogP contribution in [0.3, 0.4) is 0 Å². The second-order valence-corrected chi connectivity index (χ2v) is 8.75. The van der Waals surface area contributed by atoms with Gasteiger partial charge in [0.05, 0.1) is 145 Å². The van der Waals surface area contributed by atoms with Crippen LogP contribution in [0.4, 0.5) is 0 Å². The van der Waals surface area contributed by atoms with Gasteiger partial charge in [-0.25, -0.2) is 0 Å². The Kier molecular flexibility index (Phi) is 36.3. The van der Waals surface area contributed by atoms with Gasteiger partial charge in [-0.3, -0.25) is 0 Å². The Labute approximate surface area is 248 Å². The molecular formula is C29H58O12. The zero-order valence-corrected chi connectivity index (χ0v) is 25.7. The van der Waals surface area contributed by atoms with Crippen molar-refractivity contribution in [2.45, 2.75) is 20.3 Å². The van der Waals surface area contributed by atoms with Gasteiger partial charge in [-0.05, 0) is 5.92 Å². The molecule has 41 heavy (non-hydrogen) atoms. The lowest BCUT2D eigenvalue weighted by molar-refractivity contribution is -0.0281. The average molecular weight is 599 g/mol. The summed E-state index contributed by atoms with van der Waals surface area (Å²) in [6, 6.07) is 0. The zero-order chi connectivity index (χ0) is 29.7. The molecule has 0 saturated carbocycles. The minimum Gasteiger partial charge on any atom is -0.499 e. The van der Waals surface area contributed by atoms with E-state index < -0.39 is 0 Å². The fourth-order valence-corrected chi connectivity index (χ4v) is 2.79. The monoisotopic (exact) mass is 598 g/mol. The minimum absolute atomic E-state index is 0.504. The molecule has 1 atom stereocenters. The summed E-state index contributed by atoms with van der Waals surface area (Å²) in [6.45, 7) is 20.3. The molecule has 0 aliphatic carbocycles. The van der Waals surface area contributed by atoms with Crippen LogP contribution in [-0.4, -0.2) is 152 Å². The maximum absolute atomic E-state index is 5.53. The van der Waals surface area contributed by atoms with Gasteiger partial charge in [0.15, 0.2) is 0 Å². The van der Waals surface area contributed by atoms with Gasteiger partial charge in [-0.2, -0.15) is 0 Å². The lowest BCUT2D eigenvalue weighted by atomic mass is 10.1. The normalized spacial score (nSPS) is 12.1. The maximum Gasteiger partial charge on any atom is 0.111 e. The molecule has 0 aliphatic heterocycles. The van der Waals surface area contributed by atoms with Gasteiger partial charge in [-0.1, -0.05) is 26.8 Å². The summed E-state index contributed by atoms with van der Waals surface area (Å²) >= 11 is 0. The number of hydrogen-bond donors (Lipinski definition) is 0. The Balaban J connectivity index is 3.04. The molecule has 0 saturated heterocycles. The van der Waals surface area contributed by atoms with Crippen molar-refractivity contribution in [2.75, 3.05) is 152 Å². The zero-order valence-electron chi connectivity index (χ0n) is 25.7. The van der Waals surface area contributed by atoms with E-state index in [4.69, 9.17) is 56.8 Å². The van der Waals surface area contributed by atoms with Crippen molar-refractivity contribution in [3.05, 3.63) is 12.8 Å². The molecule has 0 aromatic heterocycles. The summed E-state index contributed by atoms with van der Waals surface area (Å²) < 4.78 is 64.9. The van der Waals surface area contributed by atoms with Gasteiger partial charge < -0.3 is 56.8 Å². The highest BCUT2D eigenvalue weighted by Crippen LogP contribution is 2.00. The second kappa shape index (κ2) is 37.1. The summed E-state index contributed by atoms with van der Waals surface area (Å²) in [5.41, 5.74) is 0. The molecule has 246 valence electrons. The number of hydrogen-bond acceptors (Lipinski definition) is 12. The van der Waals surface area contributed by atoms with Crippen LogP contribution in [0.25, 0.3) is 0 Å². The third kappa shape index (κ3) is 37.1. The van der Waals surface area contributed by atoms with Crippen LogP contribution in [0.15, 0.2) is 12.8 Å². The van der Waals surface area contributed by atoms with E-state index >= 15 is 0 Å². The molecule has 0 heterocycles. The Bertz CT molecular complexity index is 487. The molecule has 0 N–H and O–H groups in total. The van der Waals surface area contributed by atoms with Crippen LogP contribution in [0.5, 0.6) is 0 Å². The largest absolute Gasteiger partial charge is 0.499 e. The van der Waals surface area contributed by atoms with Crippen LogP contribution < -0.4 is 0 Å². The van der Waals surface area contributed by atoms with E-state index in [-0.39, 0.29) is 0 Å². The van der Waals surface area contributed by atoms with E-state index in [1.165, 1.54) is 6.26 Å². The van der Waals surface area contributed by atoms with E-state index in [1.54, 1.807) is 0 Å². The van der Waals surface area contributed by atoms with Crippen LogP contribution in [0.1, 0.15) is 20.3 Å². The molecule has 12 heteroatoms. The van der Waals surface area contributed by atoms with Crippen molar-refractivity contribution >= 4 is 0 Å². The van der Waals surface area contributed by atoms with Crippen molar-refractivity contribution in [3.63, 3.8) is 0 Å². The first-order valence-corrected chi connectivity index (χ1v) is 14.9. The molecule has 1 unspecified atom stereocenters. The predicted octanol–water partition coefficient (Wildman–Crippen LogP) is 2.38. The van der Waals surface area contributed by atoms with Crippen LogP contribution in [-0.2, 0) is 56.8 Å². The minimum atomic E-state index is 0.504. The van der Waals surface area contributed by atoms with Crippen molar-refractivity contribution in [3.8, 4) is 0 Å². The van der Waals surface area contributed by atoms with Gasteiger partial charge in [0.25, 0.3) is 0 Å². The fourth-order valence-electron chi connectivity index (χ4n) is 2.79. The van der Waals surface area contributed by atoms with E-state index in [0.717, 1.165) is 13.0 Å². The standard InChI is InChI=1S/C29H58O12/c1-4-29(3)28-41-27-26-40-25-24-39-23-22-38-21-20-37-19-18-36-17-16-35-15-14-34-13-12-33-11-10-32-9-8-31-7-6-30-5-2/h5,29H,2,4,6-28H2,1,3H3. The quantitative estimate of drug-likeness (QED) is 0.0773. The first-order chi connectivity index (χ1) is 20.3. The van der Waals surface area contributed by atoms with Crippen molar-refractivity contribution in [1.82, 2.24) is 0 Å². The molecule has 0 rings (SSSR count). The summed E-state index contributed by atoms with van der Waals surface area (Å²) in [4.78, 5) is 0. The molecule has 0 bridgehead atoms. The lowest BCUT2D eigenvalue weighted by Crippen LogP contribution is -2.15. The highest BCUT2D eigenvalue weighted by atomic mass is 16.6. The summed E-state index contributed by atoms with van der Waals surface area (Å²) in [5, 5.41) is 0. The van der Waals surface area contributed by atoms with Crippen molar-refractivity contribution in [2.24, 2.45) is 5.92 Å². The SMILES string of the molecule is C=COCCOCCOCCOCCOCCOCCOCCOCCOCCOCCOCCOCC(C)CC. The van der Waals surface area contributed by atoms with Gasteiger partial charge >= 0.3 is 0 Å². The molecule has 0 aromatic carbocycles. The molecule has 0 fully saturated rings. The van der Waals surface area contributed by atoms with Gasteiger partial charge in [0.2, 0.25) is 0 Å². The molecule has 12 nitrogen and oxygen atoms in total. The Morgan fingerprint density at radius 3 is 0.829 bits per heavy atom. The summed E-state index contributed by atoms with van der Waals surface area (Å²) in [5.74, 6) is 0.599. The van der Waals surface area contributed by atoms with Crippen LogP contribution >= 0.6 is 0 Å². The van der Waals surface area contributed by atoms with Gasteiger partial charge in [-0.15, -0.1) is 0 Å². The van der Waals surface area contributed by atoms with Gasteiger partial charge in [0.1, 0.15) is 6.61 Å². The highest BCUT2D eigenvalue weighted by molar-refractivity contribution is 4.48. The highest BCUT2D eigenvalue weighted by Gasteiger charge is 1.99. The Morgan fingerprint density at radius 1 is 0.390 bits per heavy atom. The van der Waals surface area contributed by atoms with E-state index in [0.29, 0.717) is 151 Å². The second-order valence-electron chi connectivity index (χ2n) is 8.75. The Morgan fingerprint density at radius 2 is 0.610 bits per heavy atom. The summed E-state index contributed by atoms with van der Waals surface area (Å²) in [7, 11) is 0. The maximum atomic E-state index is 5.53. The lowest BCUT2D eigenvalue weighted by Gasteiger charge is -2.10. The van der Waals surface area contributed by atoms with E-state index in [1.807, 2.05) is 0 Å². The average Bonchev–Trinajstić information content (AvgIpc) is 2.99.